The summed E-state index contributed by atoms with van der Waals surface area (Å²) >= 11 is 1.43. The van der Waals surface area contributed by atoms with Crippen LogP contribution >= 0.6 is 11.3 Å². The molecule has 6 heteroatoms. The van der Waals surface area contributed by atoms with Gasteiger partial charge in [0.1, 0.15) is 13.2 Å². The molecule has 0 aliphatic carbocycles. The van der Waals surface area contributed by atoms with Crippen LogP contribution in [0.2, 0.25) is 0 Å². The van der Waals surface area contributed by atoms with Gasteiger partial charge in [-0.15, -0.1) is 11.3 Å². The smallest absolute Gasteiger partial charge is 0.261 e. The maximum atomic E-state index is 12.0. The Morgan fingerprint density at radius 2 is 2.00 bits per heavy atom. The average molecular weight is 319 g/mol. The second-order valence-electron chi connectivity index (χ2n) is 4.86. The predicted molar refractivity (Wildman–Crippen MR) is 84.8 cm³/mol. The minimum absolute atomic E-state index is 0.0766. The lowest BCUT2D eigenvalue weighted by Gasteiger charge is -2.18. The first kappa shape index (κ1) is 14.9. The fourth-order valence-electron chi connectivity index (χ4n) is 2.18. The van der Waals surface area contributed by atoms with E-state index in [1.165, 1.54) is 11.3 Å². The van der Waals surface area contributed by atoms with E-state index in [2.05, 4.69) is 5.32 Å². The number of benzene rings is 1. The minimum Gasteiger partial charge on any atom is -0.486 e. The van der Waals surface area contributed by atoms with Crippen molar-refractivity contribution >= 4 is 17.2 Å². The fourth-order valence-corrected chi connectivity index (χ4v) is 3.10. The van der Waals surface area contributed by atoms with Crippen molar-refractivity contribution in [2.24, 2.45) is 0 Å². The largest absolute Gasteiger partial charge is 0.486 e. The van der Waals surface area contributed by atoms with Crippen molar-refractivity contribution in [1.82, 2.24) is 5.32 Å². The highest BCUT2D eigenvalue weighted by molar-refractivity contribution is 7.17. The molecule has 0 unspecified atom stereocenters. The lowest BCUT2D eigenvalue weighted by molar-refractivity contribution is 0.0955. The molecule has 1 amide bonds. The molecule has 1 aliphatic heterocycles. The third-order valence-corrected chi connectivity index (χ3v) is 4.41. The Morgan fingerprint density at radius 3 is 2.82 bits per heavy atom. The summed E-state index contributed by atoms with van der Waals surface area (Å²) in [6.45, 7) is 1.68. The molecule has 5 nitrogen and oxygen atoms in total. The number of aliphatic hydroxyl groups excluding tert-OH is 1. The molecule has 2 N–H and O–H groups in total. The summed E-state index contributed by atoms with van der Waals surface area (Å²) in [5.74, 6) is 1.39. The zero-order chi connectivity index (χ0) is 15.4. The van der Waals surface area contributed by atoms with Gasteiger partial charge in [0.2, 0.25) is 0 Å². The van der Waals surface area contributed by atoms with Crippen molar-refractivity contribution in [3.05, 3.63) is 35.2 Å². The van der Waals surface area contributed by atoms with Gasteiger partial charge in [-0.2, -0.15) is 0 Å². The quantitative estimate of drug-likeness (QED) is 0.830. The Hall–Kier alpha value is -2.05. The normalized spacial score (nSPS) is 13.0. The molecule has 0 bridgehead atoms. The van der Waals surface area contributed by atoms with Crippen LogP contribution in [0.3, 0.4) is 0 Å². The van der Waals surface area contributed by atoms with Gasteiger partial charge in [0.15, 0.2) is 11.5 Å². The standard InChI is InChI=1S/C16H17NO4S/c18-7-1-6-17-16(19)15-5-4-14(22-15)11-2-3-12-13(10-11)21-9-8-20-12/h2-5,10,18H,1,6-9H2,(H,17,19). The van der Waals surface area contributed by atoms with Gasteiger partial charge < -0.3 is 19.9 Å². The van der Waals surface area contributed by atoms with Crippen molar-refractivity contribution < 1.29 is 19.4 Å². The molecule has 0 spiro atoms. The van der Waals surface area contributed by atoms with E-state index in [1.807, 2.05) is 30.3 Å². The molecule has 116 valence electrons. The number of hydrogen-bond donors (Lipinski definition) is 2. The molecular weight excluding hydrogens is 302 g/mol. The molecule has 0 saturated heterocycles. The zero-order valence-electron chi connectivity index (χ0n) is 12.0. The number of ether oxygens (including phenoxy) is 2. The monoisotopic (exact) mass is 319 g/mol. The van der Waals surface area contributed by atoms with Gasteiger partial charge >= 0.3 is 0 Å². The molecule has 2 aromatic rings. The number of nitrogens with one attached hydrogen (secondary N) is 1. The Kier molecular flexibility index (Phi) is 4.60. The number of aliphatic hydroxyl groups is 1. The summed E-state index contributed by atoms with van der Waals surface area (Å²) in [7, 11) is 0. The molecule has 0 atom stereocenters. The highest BCUT2D eigenvalue weighted by Crippen LogP contribution is 2.36. The number of carbonyl (C=O) groups is 1. The first-order valence-electron chi connectivity index (χ1n) is 7.17. The Morgan fingerprint density at radius 1 is 1.18 bits per heavy atom. The van der Waals surface area contributed by atoms with Crippen LogP contribution in [0.15, 0.2) is 30.3 Å². The number of thiophene rings is 1. The Bertz CT molecular complexity index is 668. The van der Waals surface area contributed by atoms with E-state index in [4.69, 9.17) is 14.6 Å². The van der Waals surface area contributed by atoms with E-state index >= 15 is 0 Å². The van der Waals surface area contributed by atoms with E-state index in [0.29, 0.717) is 31.1 Å². The van der Waals surface area contributed by atoms with E-state index in [-0.39, 0.29) is 12.5 Å². The number of fused-ring (bicyclic) bond motifs is 1. The van der Waals surface area contributed by atoms with E-state index in [9.17, 15) is 4.79 Å². The zero-order valence-corrected chi connectivity index (χ0v) is 12.8. The lowest BCUT2D eigenvalue weighted by Crippen LogP contribution is -2.24. The maximum Gasteiger partial charge on any atom is 0.261 e. The van der Waals surface area contributed by atoms with Gasteiger partial charge in [-0.1, -0.05) is 0 Å². The van der Waals surface area contributed by atoms with Crippen LogP contribution in [0.1, 0.15) is 16.1 Å². The summed E-state index contributed by atoms with van der Waals surface area (Å²) < 4.78 is 11.1. The van der Waals surface area contributed by atoms with E-state index in [0.717, 1.165) is 21.9 Å². The van der Waals surface area contributed by atoms with Crippen LogP contribution in [-0.2, 0) is 0 Å². The van der Waals surface area contributed by atoms with E-state index in [1.54, 1.807) is 0 Å². The predicted octanol–water partition coefficient (Wildman–Crippen LogP) is 2.30. The van der Waals surface area contributed by atoms with Crippen LogP contribution in [0.25, 0.3) is 10.4 Å². The Labute approximate surface area is 132 Å². The molecule has 3 rings (SSSR count). The molecule has 0 saturated carbocycles. The van der Waals surface area contributed by atoms with Crippen LogP contribution in [0.5, 0.6) is 11.5 Å². The molecule has 22 heavy (non-hydrogen) atoms. The van der Waals surface area contributed by atoms with Crippen molar-refractivity contribution in [2.45, 2.75) is 6.42 Å². The van der Waals surface area contributed by atoms with Gasteiger partial charge in [-0.3, -0.25) is 4.79 Å². The van der Waals surface area contributed by atoms with Gasteiger partial charge in [0.25, 0.3) is 5.91 Å². The minimum atomic E-state index is -0.109. The van der Waals surface area contributed by atoms with Crippen molar-refractivity contribution in [3.8, 4) is 21.9 Å². The molecule has 2 heterocycles. The molecule has 1 aromatic heterocycles. The summed E-state index contributed by atoms with van der Waals surface area (Å²) in [6, 6.07) is 9.53. The van der Waals surface area contributed by atoms with Crippen LogP contribution in [0.4, 0.5) is 0 Å². The molecule has 1 aromatic carbocycles. The number of hydrogen-bond acceptors (Lipinski definition) is 5. The Balaban J connectivity index is 1.74. The SMILES string of the molecule is O=C(NCCCO)c1ccc(-c2ccc3c(c2)OCCO3)s1. The molecule has 0 radical (unpaired) electrons. The topological polar surface area (TPSA) is 67.8 Å². The second-order valence-corrected chi connectivity index (χ2v) is 5.94. The molecule has 1 aliphatic rings. The van der Waals surface area contributed by atoms with Crippen LogP contribution in [0, 0.1) is 0 Å². The highest BCUT2D eigenvalue weighted by Gasteiger charge is 2.14. The average Bonchev–Trinajstić information content (AvgIpc) is 3.04. The van der Waals surface area contributed by atoms with Crippen LogP contribution < -0.4 is 14.8 Å². The second kappa shape index (κ2) is 6.81. The van der Waals surface area contributed by atoms with Gasteiger partial charge in [0, 0.05) is 18.0 Å². The summed E-state index contributed by atoms with van der Waals surface area (Å²) in [6.07, 6.45) is 0.562. The lowest BCUT2D eigenvalue weighted by atomic mass is 10.1. The number of rotatable bonds is 5. The molecule has 0 fully saturated rings. The van der Waals surface area contributed by atoms with E-state index < -0.39 is 0 Å². The van der Waals surface area contributed by atoms with Gasteiger partial charge in [0.05, 0.1) is 4.88 Å². The molecular formula is C16H17NO4S. The summed E-state index contributed by atoms with van der Waals surface area (Å²) in [5, 5.41) is 11.5. The van der Waals surface area contributed by atoms with Gasteiger partial charge in [-0.25, -0.2) is 0 Å². The third kappa shape index (κ3) is 3.23. The first-order valence-corrected chi connectivity index (χ1v) is 7.98. The maximum absolute atomic E-state index is 12.0. The van der Waals surface area contributed by atoms with Crippen molar-refractivity contribution in [2.75, 3.05) is 26.4 Å². The van der Waals surface area contributed by atoms with Gasteiger partial charge in [-0.05, 0) is 42.3 Å². The summed E-state index contributed by atoms with van der Waals surface area (Å²) in [4.78, 5) is 13.6. The fraction of sp³-hybridized carbons (Fsp3) is 0.312. The third-order valence-electron chi connectivity index (χ3n) is 3.28. The highest BCUT2D eigenvalue weighted by atomic mass is 32.1. The van der Waals surface area contributed by atoms with Crippen molar-refractivity contribution in [1.29, 1.82) is 0 Å². The first-order chi connectivity index (χ1) is 10.8. The van der Waals surface area contributed by atoms with Crippen molar-refractivity contribution in [3.63, 3.8) is 0 Å². The van der Waals surface area contributed by atoms with Crippen LogP contribution in [-0.4, -0.2) is 37.4 Å². The summed E-state index contributed by atoms with van der Waals surface area (Å²) in [5.41, 5.74) is 1.00. The number of carbonyl (C=O) groups excluding carboxylic acids is 1. The number of amides is 1.